The Morgan fingerprint density at radius 2 is 0.844 bits per heavy atom. The number of rotatable bonds is 10. The standard InChI is InChI=1S/C28H25BrO3/c29-18-25-16-27(31-20-23-12-6-2-7-13-23)28(32-21-24-14-8-3-9-15-24)17-26(25)30-19-22-10-4-1-5-11-22/h1-17H,18-21H2. The summed E-state index contributed by atoms with van der Waals surface area (Å²) >= 11 is 3.59. The first-order valence-electron chi connectivity index (χ1n) is 10.5. The Balaban J connectivity index is 1.57. The number of ether oxygens (including phenoxy) is 3. The van der Waals surface area contributed by atoms with Gasteiger partial charge in [-0.2, -0.15) is 0 Å². The number of alkyl halides is 1. The molecule has 4 heteroatoms. The summed E-state index contributed by atoms with van der Waals surface area (Å²) in [6.07, 6.45) is 0. The average molecular weight is 489 g/mol. The molecule has 0 aliphatic rings. The van der Waals surface area contributed by atoms with Crippen LogP contribution in [-0.4, -0.2) is 0 Å². The number of benzene rings is 4. The fourth-order valence-corrected chi connectivity index (χ4v) is 3.69. The van der Waals surface area contributed by atoms with Crippen molar-refractivity contribution in [3.05, 3.63) is 125 Å². The van der Waals surface area contributed by atoms with Crippen LogP contribution in [0.1, 0.15) is 22.3 Å². The van der Waals surface area contributed by atoms with E-state index < -0.39 is 0 Å². The fourth-order valence-electron chi connectivity index (χ4n) is 3.25. The molecule has 4 rings (SSSR count). The predicted octanol–water partition coefficient (Wildman–Crippen LogP) is 7.32. The van der Waals surface area contributed by atoms with Gasteiger partial charge in [-0.05, 0) is 22.8 Å². The van der Waals surface area contributed by atoms with Gasteiger partial charge in [0.1, 0.15) is 25.6 Å². The lowest BCUT2D eigenvalue weighted by molar-refractivity contribution is 0.250. The third kappa shape index (κ3) is 6.14. The van der Waals surface area contributed by atoms with E-state index in [9.17, 15) is 0 Å². The molecular weight excluding hydrogens is 464 g/mol. The van der Waals surface area contributed by atoms with Gasteiger partial charge < -0.3 is 14.2 Å². The van der Waals surface area contributed by atoms with Crippen LogP contribution in [0.5, 0.6) is 17.2 Å². The lowest BCUT2D eigenvalue weighted by Crippen LogP contribution is -2.04. The molecular formula is C28H25BrO3. The molecule has 0 fully saturated rings. The van der Waals surface area contributed by atoms with E-state index in [4.69, 9.17) is 14.2 Å². The molecule has 4 aromatic rings. The van der Waals surface area contributed by atoms with Gasteiger partial charge in [0.2, 0.25) is 0 Å². The van der Waals surface area contributed by atoms with Gasteiger partial charge in [0.15, 0.2) is 11.5 Å². The summed E-state index contributed by atoms with van der Waals surface area (Å²) in [4.78, 5) is 0. The van der Waals surface area contributed by atoms with Crippen molar-refractivity contribution in [3.63, 3.8) is 0 Å². The Morgan fingerprint density at radius 1 is 0.469 bits per heavy atom. The molecule has 0 heterocycles. The SMILES string of the molecule is BrCc1cc(OCc2ccccc2)c(OCc2ccccc2)cc1OCc1ccccc1. The van der Waals surface area contributed by atoms with Crippen molar-refractivity contribution in [3.8, 4) is 17.2 Å². The minimum atomic E-state index is 0.453. The number of halogens is 1. The lowest BCUT2D eigenvalue weighted by atomic mass is 10.2. The largest absolute Gasteiger partial charge is 0.488 e. The van der Waals surface area contributed by atoms with Crippen LogP contribution in [0.4, 0.5) is 0 Å². The number of hydrogen-bond donors (Lipinski definition) is 0. The second kappa shape index (κ2) is 11.4. The zero-order valence-corrected chi connectivity index (χ0v) is 19.3. The third-order valence-corrected chi connectivity index (χ3v) is 5.59. The highest BCUT2D eigenvalue weighted by Crippen LogP contribution is 2.37. The van der Waals surface area contributed by atoms with Gasteiger partial charge in [-0.25, -0.2) is 0 Å². The molecule has 0 unspecified atom stereocenters. The monoisotopic (exact) mass is 488 g/mol. The molecule has 0 aliphatic carbocycles. The quantitative estimate of drug-likeness (QED) is 0.219. The summed E-state index contributed by atoms with van der Waals surface area (Å²) in [7, 11) is 0. The van der Waals surface area contributed by atoms with Gasteiger partial charge in [0.25, 0.3) is 0 Å². The number of hydrogen-bond acceptors (Lipinski definition) is 3. The van der Waals surface area contributed by atoms with Crippen molar-refractivity contribution < 1.29 is 14.2 Å². The maximum Gasteiger partial charge on any atom is 0.165 e. The Bertz CT molecular complexity index is 1100. The third-order valence-electron chi connectivity index (χ3n) is 4.98. The summed E-state index contributed by atoms with van der Waals surface area (Å²) in [5.41, 5.74) is 4.32. The maximum atomic E-state index is 6.18. The minimum absolute atomic E-state index is 0.453. The van der Waals surface area contributed by atoms with Crippen LogP contribution in [-0.2, 0) is 25.2 Å². The van der Waals surface area contributed by atoms with Crippen LogP contribution in [0.15, 0.2) is 103 Å². The minimum Gasteiger partial charge on any atom is -0.488 e. The fraction of sp³-hybridized carbons (Fsp3) is 0.143. The second-order valence-electron chi connectivity index (χ2n) is 7.36. The van der Waals surface area contributed by atoms with Crippen molar-refractivity contribution in [1.29, 1.82) is 0 Å². The van der Waals surface area contributed by atoms with E-state index in [1.807, 2.05) is 91.0 Å². The summed E-state index contributed by atoms with van der Waals surface area (Å²) in [6.45, 7) is 1.41. The van der Waals surface area contributed by atoms with Crippen molar-refractivity contribution in [1.82, 2.24) is 0 Å². The molecule has 0 saturated heterocycles. The van der Waals surface area contributed by atoms with Gasteiger partial charge in [-0.1, -0.05) is 107 Å². The topological polar surface area (TPSA) is 27.7 Å². The molecule has 0 radical (unpaired) electrons. The molecule has 0 aliphatic heterocycles. The second-order valence-corrected chi connectivity index (χ2v) is 7.92. The van der Waals surface area contributed by atoms with E-state index >= 15 is 0 Å². The molecule has 0 bridgehead atoms. The molecule has 32 heavy (non-hydrogen) atoms. The van der Waals surface area contributed by atoms with E-state index in [0.717, 1.165) is 28.0 Å². The van der Waals surface area contributed by atoms with E-state index in [1.165, 1.54) is 0 Å². The van der Waals surface area contributed by atoms with Crippen molar-refractivity contribution in [2.24, 2.45) is 0 Å². The zero-order valence-electron chi connectivity index (χ0n) is 17.7. The van der Waals surface area contributed by atoms with E-state index in [1.54, 1.807) is 0 Å². The molecule has 3 nitrogen and oxygen atoms in total. The maximum absolute atomic E-state index is 6.18. The van der Waals surface area contributed by atoms with E-state index in [-0.39, 0.29) is 0 Å². The lowest BCUT2D eigenvalue weighted by Gasteiger charge is -2.18. The molecule has 0 N–H and O–H groups in total. The first kappa shape index (κ1) is 22.0. The van der Waals surface area contributed by atoms with Crippen molar-refractivity contribution in [2.45, 2.75) is 25.2 Å². The summed E-state index contributed by atoms with van der Waals surface area (Å²) in [5.74, 6) is 2.14. The smallest absolute Gasteiger partial charge is 0.165 e. The van der Waals surface area contributed by atoms with E-state index in [2.05, 4.69) is 28.1 Å². The van der Waals surface area contributed by atoms with Gasteiger partial charge in [-0.3, -0.25) is 0 Å². The van der Waals surface area contributed by atoms with Crippen LogP contribution >= 0.6 is 15.9 Å². The van der Waals surface area contributed by atoms with Crippen molar-refractivity contribution in [2.75, 3.05) is 0 Å². The van der Waals surface area contributed by atoms with Gasteiger partial charge in [0.05, 0.1) is 0 Å². The molecule has 162 valence electrons. The van der Waals surface area contributed by atoms with E-state index in [0.29, 0.717) is 36.6 Å². The zero-order chi connectivity index (χ0) is 22.0. The Hall–Kier alpha value is -3.24. The highest BCUT2D eigenvalue weighted by atomic mass is 79.9. The normalized spacial score (nSPS) is 10.5. The molecule has 0 spiro atoms. The summed E-state index contributed by atoms with van der Waals surface area (Å²) in [6, 6.07) is 34.3. The molecule has 0 atom stereocenters. The molecule has 0 aromatic heterocycles. The first-order valence-corrected chi connectivity index (χ1v) is 11.7. The van der Waals surface area contributed by atoms with Gasteiger partial charge in [0, 0.05) is 17.0 Å². The first-order chi connectivity index (χ1) is 15.8. The van der Waals surface area contributed by atoms with Gasteiger partial charge in [-0.15, -0.1) is 0 Å². The van der Waals surface area contributed by atoms with Crippen molar-refractivity contribution >= 4 is 15.9 Å². The van der Waals surface area contributed by atoms with Crippen LogP contribution in [0.25, 0.3) is 0 Å². The predicted molar refractivity (Wildman–Crippen MR) is 131 cm³/mol. The van der Waals surface area contributed by atoms with Crippen LogP contribution in [0, 0.1) is 0 Å². The Kier molecular flexibility index (Phi) is 7.83. The summed E-state index contributed by atoms with van der Waals surface area (Å²) in [5, 5.41) is 0.651. The highest BCUT2D eigenvalue weighted by Gasteiger charge is 2.14. The molecule has 0 amide bonds. The molecule has 0 saturated carbocycles. The average Bonchev–Trinajstić information content (AvgIpc) is 2.87. The Labute approximate surface area is 197 Å². The van der Waals surface area contributed by atoms with Gasteiger partial charge >= 0.3 is 0 Å². The van der Waals surface area contributed by atoms with Crippen LogP contribution in [0.2, 0.25) is 0 Å². The Morgan fingerprint density at radius 3 is 1.25 bits per heavy atom. The van der Waals surface area contributed by atoms with Crippen LogP contribution < -0.4 is 14.2 Å². The highest BCUT2D eigenvalue weighted by molar-refractivity contribution is 9.08. The summed E-state index contributed by atoms with van der Waals surface area (Å²) < 4.78 is 18.5. The van der Waals surface area contributed by atoms with Crippen LogP contribution in [0.3, 0.4) is 0 Å². The molecule has 4 aromatic carbocycles.